The lowest BCUT2D eigenvalue weighted by atomic mass is 10.2. The molecule has 0 amide bonds. The third kappa shape index (κ3) is 2.78. The molecule has 0 radical (unpaired) electrons. The number of nitrogens with zero attached hydrogens (tertiary/aromatic N) is 2. The summed E-state index contributed by atoms with van der Waals surface area (Å²) in [4.78, 5) is 7.13. The molecular weight excluding hydrogens is 295 g/mol. The van der Waals surface area contributed by atoms with Crippen LogP contribution in [0, 0.1) is 0 Å². The number of benzene rings is 2. The minimum atomic E-state index is -4.63. The Morgan fingerprint density at radius 2 is 1.59 bits per heavy atom. The molecule has 22 heavy (non-hydrogen) atoms. The van der Waals surface area contributed by atoms with E-state index in [0.717, 1.165) is 0 Å². The number of phenolic OH excluding ortho intramolecular Hbond substituents is 1. The number of hydrogen-bond donors (Lipinski definition) is 2. The summed E-state index contributed by atoms with van der Waals surface area (Å²) in [5, 5.41) is 12.5. The number of phenols is 1. The van der Waals surface area contributed by atoms with Crippen molar-refractivity contribution in [2.24, 2.45) is 0 Å². The van der Waals surface area contributed by atoms with Gasteiger partial charge < -0.3 is 10.4 Å². The predicted octanol–water partition coefficient (Wildman–Crippen LogP) is 4.10. The molecule has 3 aromatic rings. The fraction of sp³-hybridized carbons (Fsp3) is 0.0667. The third-order valence-electron chi connectivity index (χ3n) is 2.99. The Morgan fingerprint density at radius 1 is 0.909 bits per heavy atom. The molecule has 0 aliphatic carbocycles. The van der Waals surface area contributed by atoms with Crippen molar-refractivity contribution in [1.82, 2.24) is 9.97 Å². The van der Waals surface area contributed by atoms with E-state index in [0.29, 0.717) is 11.1 Å². The first-order valence-electron chi connectivity index (χ1n) is 6.33. The molecule has 0 atom stereocenters. The van der Waals surface area contributed by atoms with E-state index in [9.17, 15) is 18.3 Å². The average Bonchev–Trinajstić information content (AvgIpc) is 2.48. The number of para-hydroxylation sites is 1. The molecule has 1 aromatic heterocycles. The van der Waals surface area contributed by atoms with Gasteiger partial charge in [0, 0.05) is 11.1 Å². The van der Waals surface area contributed by atoms with Crippen LogP contribution >= 0.6 is 0 Å². The minimum absolute atomic E-state index is 0.0589. The summed E-state index contributed by atoms with van der Waals surface area (Å²) in [5.74, 6) is -1.08. The van der Waals surface area contributed by atoms with E-state index in [-0.39, 0.29) is 17.1 Å². The maximum atomic E-state index is 12.9. The molecule has 0 aliphatic heterocycles. The van der Waals surface area contributed by atoms with Crippen LogP contribution in [0.3, 0.4) is 0 Å². The summed E-state index contributed by atoms with van der Waals surface area (Å²) in [6, 6.07) is 12.4. The van der Waals surface area contributed by atoms with Gasteiger partial charge in [0.05, 0.1) is 5.52 Å². The smallest absolute Gasteiger partial charge is 0.451 e. The number of nitrogens with one attached hydrogen (secondary N) is 1. The van der Waals surface area contributed by atoms with Crippen LogP contribution in [0.5, 0.6) is 5.75 Å². The van der Waals surface area contributed by atoms with Gasteiger partial charge in [-0.05, 0) is 36.4 Å². The number of hydrogen-bond acceptors (Lipinski definition) is 4. The molecule has 4 nitrogen and oxygen atoms in total. The van der Waals surface area contributed by atoms with Gasteiger partial charge in [-0.1, -0.05) is 12.1 Å². The fourth-order valence-electron chi connectivity index (χ4n) is 1.98. The van der Waals surface area contributed by atoms with E-state index < -0.39 is 12.0 Å². The Kier molecular flexibility index (Phi) is 3.32. The molecule has 0 bridgehead atoms. The van der Waals surface area contributed by atoms with E-state index >= 15 is 0 Å². The number of aromatic nitrogens is 2. The first-order chi connectivity index (χ1) is 10.4. The first kappa shape index (κ1) is 14.1. The Labute approximate surface area is 123 Å². The number of fused-ring (bicyclic) bond motifs is 1. The van der Waals surface area contributed by atoms with Gasteiger partial charge in [-0.25, -0.2) is 9.97 Å². The molecule has 0 saturated heterocycles. The molecule has 0 spiro atoms. The highest BCUT2D eigenvalue weighted by molar-refractivity contribution is 5.90. The highest BCUT2D eigenvalue weighted by Crippen LogP contribution is 2.31. The summed E-state index contributed by atoms with van der Waals surface area (Å²) in [7, 11) is 0. The molecule has 0 unspecified atom stereocenters. The lowest BCUT2D eigenvalue weighted by molar-refractivity contribution is -0.144. The van der Waals surface area contributed by atoms with Crippen LogP contribution in [0.2, 0.25) is 0 Å². The SMILES string of the molecule is Oc1ccc(Nc2nc(C(F)(F)F)nc3ccccc23)cc1. The number of halogens is 3. The van der Waals surface area contributed by atoms with Crippen molar-refractivity contribution in [3.63, 3.8) is 0 Å². The molecule has 2 aromatic carbocycles. The molecule has 2 N–H and O–H groups in total. The summed E-state index contributed by atoms with van der Waals surface area (Å²) in [5.41, 5.74) is 0.709. The Balaban J connectivity index is 2.12. The van der Waals surface area contributed by atoms with Crippen LogP contribution in [0.15, 0.2) is 48.5 Å². The second-order valence-electron chi connectivity index (χ2n) is 4.58. The number of alkyl halides is 3. The van der Waals surface area contributed by atoms with Gasteiger partial charge in [-0.3, -0.25) is 0 Å². The third-order valence-corrected chi connectivity index (χ3v) is 2.99. The fourth-order valence-corrected chi connectivity index (χ4v) is 1.98. The second kappa shape index (κ2) is 5.18. The van der Waals surface area contributed by atoms with Crippen LogP contribution in [0.4, 0.5) is 24.7 Å². The van der Waals surface area contributed by atoms with Gasteiger partial charge in [0.15, 0.2) is 0 Å². The van der Waals surface area contributed by atoms with E-state index in [1.165, 1.54) is 18.2 Å². The van der Waals surface area contributed by atoms with Crippen LogP contribution in [-0.2, 0) is 6.18 Å². The monoisotopic (exact) mass is 305 g/mol. The quantitative estimate of drug-likeness (QED) is 0.700. The van der Waals surface area contributed by atoms with Gasteiger partial charge >= 0.3 is 6.18 Å². The molecule has 112 valence electrons. The summed E-state index contributed by atoms with van der Waals surface area (Å²) < 4.78 is 38.7. The van der Waals surface area contributed by atoms with Gasteiger partial charge in [-0.2, -0.15) is 13.2 Å². The summed E-state index contributed by atoms with van der Waals surface area (Å²) >= 11 is 0. The largest absolute Gasteiger partial charge is 0.508 e. The topological polar surface area (TPSA) is 58.0 Å². The first-order valence-corrected chi connectivity index (χ1v) is 6.33. The van der Waals surface area contributed by atoms with Gasteiger partial charge in [0.1, 0.15) is 11.6 Å². The van der Waals surface area contributed by atoms with Crippen molar-refractivity contribution >= 4 is 22.4 Å². The zero-order chi connectivity index (χ0) is 15.7. The lowest BCUT2D eigenvalue weighted by Gasteiger charge is -2.12. The van der Waals surface area contributed by atoms with Gasteiger partial charge in [0.2, 0.25) is 5.82 Å². The van der Waals surface area contributed by atoms with Crippen molar-refractivity contribution in [1.29, 1.82) is 0 Å². The molecule has 7 heteroatoms. The summed E-state index contributed by atoms with van der Waals surface area (Å²) in [6.07, 6.45) is -4.63. The van der Waals surface area contributed by atoms with Crippen molar-refractivity contribution in [2.45, 2.75) is 6.18 Å². The predicted molar refractivity (Wildman–Crippen MR) is 75.9 cm³/mol. The molecule has 1 heterocycles. The van der Waals surface area contributed by atoms with E-state index in [2.05, 4.69) is 15.3 Å². The molecule has 0 saturated carbocycles. The number of aromatic hydroxyl groups is 1. The Morgan fingerprint density at radius 3 is 2.27 bits per heavy atom. The summed E-state index contributed by atoms with van der Waals surface area (Å²) in [6.45, 7) is 0. The van der Waals surface area contributed by atoms with Gasteiger partial charge in [0.25, 0.3) is 0 Å². The van der Waals surface area contributed by atoms with Crippen LogP contribution in [0.25, 0.3) is 10.9 Å². The normalized spacial score (nSPS) is 11.6. The maximum Gasteiger partial charge on any atom is 0.451 e. The highest BCUT2D eigenvalue weighted by atomic mass is 19.4. The lowest BCUT2D eigenvalue weighted by Crippen LogP contribution is -2.12. The Bertz CT molecular complexity index is 816. The van der Waals surface area contributed by atoms with Crippen molar-refractivity contribution < 1.29 is 18.3 Å². The Hall–Kier alpha value is -2.83. The van der Waals surface area contributed by atoms with E-state index in [4.69, 9.17) is 0 Å². The molecular formula is C15H10F3N3O. The van der Waals surface area contributed by atoms with Crippen molar-refractivity contribution in [3.8, 4) is 5.75 Å². The molecule has 0 fully saturated rings. The number of rotatable bonds is 2. The zero-order valence-electron chi connectivity index (χ0n) is 11.1. The van der Waals surface area contributed by atoms with E-state index in [1.807, 2.05) is 0 Å². The van der Waals surface area contributed by atoms with Gasteiger partial charge in [-0.15, -0.1) is 0 Å². The maximum absolute atomic E-state index is 12.9. The highest BCUT2D eigenvalue weighted by Gasteiger charge is 2.35. The van der Waals surface area contributed by atoms with Crippen molar-refractivity contribution in [3.05, 3.63) is 54.4 Å². The second-order valence-corrected chi connectivity index (χ2v) is 4.58. The minimum Gasteiger partial charge on any atom is -0.508 e. The zero-order valence-corrected chi connectivity index (χ0v) is 11.1. The molecule has 0 aliphatic rings. The van der Waals surface area contributed by atoms with Crippen LogP contribution in [-0.4, -0.2) is 15.1 Å². The standard InChI is InChI=1S/C15H10F3N3O/c16-15(17,18)14-20-12-4-2-1-3-11(12)13(21-14)19-9-5-7-10(22)8-6-9/h1-8,22H,(H,19,20,21). The molecule has 3 rings (SSSR count). The van der Waals surface area contributed by atoms with E-state index in [1.54, 1.807) is 30.3 Å². The van der Waals surface area contributed by atoms with Crippen LogP contribution < -0.4 is 5.32 Å². The van der Waals surface area contributed by atoms with Crippen LogP contribution in [0.1, 0.15) is 5.82 Å². The van der Waals surface area contributed by atoms with Crippen molar-refractivity contribution in [2.75, 3.05) is 5.32 Å². The average molecular weight is 305 g/mol. The number of anilines is 2.